The van der Waals surface area contributed by atoms with E-state index in [-0.39, 0.29) is 12.0 Å². The molecule has 0 amide bonds. The minimum Gasteiger partial charge on any atom is -0.371 e. The standard InChI is InChI=1S/C13H25F3N2O/c1-10-7-17-11(12(2,3)4)8-18(10)5-6-19-9-13(14,15)16/h10-11,17H,5-9H2,1-4H3. The number of nitrogens with zero attached hydrogens (tertiary/aromatic N) is 1. The first kappa shape index (κ1) is 16.7. The van der Waals surface area contributed by atoms with E-state index in [2.05, 4.69) is 42.6 Å². The van der Waals surface area contributed by atoms with Crippen molar-refractivity contribution in [3.05, 3.63) is 0 Å². The van der Waals surface area contributed by atoms with Crippen LogP contribution in [0.25, 0.3) is 0 Å². The maximum atomic E-state index is 12.0. The van der Waals surface area contributed by atoms with Gasteiger partial charge >= 0.3 is 6.18 Å². The molecule has 0 aromatic heterocycles. The van der Waals surface area contributed by atoms with Gasteiger partial charge in [-0.25, -0.2) is 0 Å². The van der Waals surface area contributed by atoms with Gasteiger partial charge in [-0.2, -0.15) is 13.2 Å². The first-order chi connectivity index (χ1) is 8.59. The molecule has 1 saturated heterocycles. The zero-order chi connectivity index (χ0) is 14.7. The van der Waals surface area contributed by atoms with Gasteiger partial charge in [-0.1, -0.05) is 20.8 Å². The third-order valence-corrected chi connectivity index (χ3v) is 3.53. The Morgan fingerprint density at radius 1 is 1.26 bits per heavy atom. The second-order valence-corrected chi connectivity index (χ2v) is 6.34. The summed E-state index contributed by atoms with van der Waals surface area (Å²) in [4.78, 5) is 2.20. The van der Waals surface area contributed by atoms with E-state index in [0.29, 0.717) is 18.6 Å². The number of halogens is 3. The van der Waals surface area contributed by atoms with Gasteiger partial charge in [-0.3, -0.25) is 4.90 Å². The lowest BCUT2D eigenvalue weighted by Gasteiger charge is -2.44. The first-order valence-electron chi connectivity index (χ1n) is 6.71. The summed E-state index contributed by atoms with van der Waals surface area (Å²) in [5.74, 6) is 0. The van der Waals surface area contributed by atoms with Gasteiger partial charge in [0.2, 0.25) is 0 Å². The van der Waals surface area contributed by atoms with Crippen molar-refractivity contribution in [2.45, 2.75) is 46.0 Å². The number of alkyl halides is 3. The van der Waals surface area contributed by atoms with Crippen LogP contribution in [0.5, 0.6) is 0 Å². The fourth-order valence-electron chi connectivity index (χ4n) is 2.18. The molecule has 0 aromatic carbocycles. The Morgan fingerprint density at radius 2 is 1.89 bits per heavy atom. The average molecular weight is 282 g/mol. The van der Waals surface area contributed by atoms with Crippen molar-refractivity contribution in [3.63, 3.8) is 0 Å². The number of rotatable bonds is 4. The molecule has 2 unspecified atom stereocenters. The van der Waals surface area contributed by atoms with Crippen molar-refractivity contribution in [2.75, 3.05) is 32.8 Å². The molecular weight excluding hydrogens is 257 g/mol. The van der Waals surface area contributed by atoms with Gasteiger partial charge in [0, 0.05) is 31.7 Å². The van der Waals surface area contributed by atoms with Crippen LogP contribution in [-0.2, 0) is 4.74 Å². The molecule has 0 spiro atoms. The summed E-state index contributed by atoms with van der Waals surface area (Å²) >= 11 is 0. The quantitative estimate of drug-likeness (QED) is 0.801. The monoisotopic (exact) mass is 282 g/mol. The predicted molar refractivity (Wildman–Crippen MR) is 69.2 cm³/mol. The lowest BCUT2D eigenvalue weighted by Crippen LogP contribution is -2.59. The molecule has 0 radical (unpaired) electrons. The van der Waals surface area contributed by atoms with Crippen LogP contribution in [-0.4, -0.2) is 56.0 Å². The second kappa shape index (κ2) is 6.41. The molecule has 2 atom stereocenters. The van der Waals surface area contributed by atoms with Crippen molar-refractivity contribution < 1.29 is 17.9 Å². The molecule has 3 nitrogen and oxygen atoms in total. The van der Waals surface area contributed by atoms with Gasteiger partial charge in [0.15, 0.2) is 0 Å². The topological polar surface area (TPSA) is 24.5 Å². The molecule has 6 heteroatoms. The van der Waals surface area contributed by atoms with Gasteiger partial charge in [0.1, 0.15) is 6.61 Å². The Hall–Kier alpha value is -0.330. The minimum atomic E-state index is -4.23. The smallest absolute Gasteiger partial charge is 0.371 e. The molecule has 1 fully saturated rings. The van der Waals surface area contributed by atoms with Gasteiger partial charge in [0.05, 0.1) is 6.61 Å². The van der Waals surface area contributed by atoms with E-state index >= 15 is 0 Å². The summed E-state index contributed by atoms with van der Waals surface area (Å²) in [6.07, 6.45) is -4.23. The Labute approximate surface area is 113 Å². The van der Waals surface area contributed by atoms with Crippen molar-refractivity contribution in [1.82, 2.24) is 10.2 Å². The minimum absolute atomic E-state index is 0.126. The van der Waals surface area contributed by atoms with Gasteiger partial charge in [0.25, 0.3) is 0 Å². The maximum Gasteiger partial charge on any atom is 0.411 e. The van der Waals surface area contributed by atoms with Gasteiger partial charge in [-0.05, 0) is 12.3 Å². The van der Waals surface area contributed by atoms with Crippen molar-refractivity contribution >= 4 is 0 Å². The highest BCUT2D eigenvalue weighted by molar-refractivity contribution is 4.90. The van der Waals surface area contributed by atoms with Gasteiger partial charge in [-0.15, -0.1) is 0 Å². The van der Waals surface area contributed by atoms with Crippen LogP contribution in [0.1, 0.15) is 27.7 Å². The van der Waals surface area contributed by atoms with Crippen molar-refractivity contribution in [2.24, 2.45) is 5.41 Å². The number of hydrogen-bond donors (Lipinski definition) is 1. The lowest BCUT2D eigenvalue weighted by atomic mass is 9.85. The Kier molecular flexibility index (Phi) is 5.65. The normalized spacial score (nSPS) is 26.7. The third kappa shape index (κ3) is 6.10. The highest BCUT2D eigenvalue weighted by Gasteiger charge is 2.32. The van der Waals surface area contributed by atoms with Gasteiger partial charge < -0.3 is 10.1 Å². The molecular formula is C13H25F3N2O. The van der Waals surface area contributed by atoms with E-state index in [1.54, 1.807) is 0 Å². The molecule has 1 heterocycles. The molecule has 0 aliphatic carbocycles. The van der Waals surface area contributed by atoms with E-state index in [1.165, 1.54) is 0 Å². The molecule has 1 aliphatic heterocycles. The number of nitrogens with one attached hydrogen (secondary N) is 1. The summed E-state index contributed by atoms with van der Waals surface area (Å²) in [5.41, 5.74) is 0.144. The summed E-state index contributed by atoms with van der Waals surface area (Å²) in [6.45, 7) is 9.80. The van der Waals surface area contributed by atoms with E-state index < -0.39 is 12.8 Å². The average Bonchev–Trinajstić information content (AvgIpc) is 2.23. The highest BCUT2D eigenvalue weighted by atomic mass is 19.4. The number of hydrogen-bond acceptors (Lipinski definition) is 3. The molecule has 1 rings (SSSR count). The molecule has 0 saturated carbocycles. The maximum absolute atomic E-state index is 12.0. The van der Waals surface area contributed by atoms with E-state index in [0.717, 1.165) is 13.1 Å². The van der Waals surface area contributed by atoms with E-state index in [9.17, 15) is 13.2 Å². The lowest BCUT2D eigenvalue weighted by molar-refractivity contribution is -0.175. The van der Waals surface area contributed by atoms with Crippen LogP contribution in [0.2, 0.25) is 0 Å². The van der Waals surface area contributed by atoms with Crippen molar-refractivity contribution in [1.29, 1.82) is 0 Å². The first-order valence-corrected chi connectivity index (χ1v) is 6.71. The zero-order valence-electron chi connectivity index (χ0n) is 12.2. The predicted octanol–water partition coefficient (Wildman–Crippen LogP) is 2.27. The molecule has 1 aliphatic rings. The Morgan fingerprint density at radius 3 is 2.42 bits per heavy atom. The number of ether oxygens (including phenoxy) is 1. The fourth-order valence-corrected chi connectivity index (χ4v) is 2.18. The van der Waals surface area contributed by atoms with Crippen LogP contribution in [0.15, 0.2) is 0 Å². The van der Waals surface area contributed by atoms with E-state index in [1.807, 2.05) is 0 Å². The summed E-state index contributed by atoms with van der Waals surface area (Å²) in [5, 5.41) is 3.49. The Bertz CT molecular complexity index is 276. The van der Waals surface area contributed by atoms with Crippen LogP contribution >= 0.6 is 0 Å². The van der Waals surface area contributed by atoms with Crippen LogP contribution in [0.4, 0.5) is 13.2 Å². The largest absolute Gasteiger partial charge is 0.411 e. The van der Waals surface area contributed by atoms with Crippen LogP contribution in [0, 0.1) is 5.41 Å². The molecule has 1 N–H and O–H groups in total. The summed E-state index contributed by atoms with van der Waals surface area (Å²) < 4.78 is 40.6. The molecule has 0 bridgehead atoms. The highest BCUT2D eigenvalue weighted by Crippen LogP contribution is 2.23. The van der Waals surface area contributed by atoms with Crippen LogP contribution < -0.4 is 5.32 Å². The SMILES string of the molecule is CC1CNC(C(C)(C)C)CN1CCOCC(F)(F)F. The number of piperazine rings is 1. The van der Waals surface area contributed by atoms with Crippen molar-refractivity contribution in [3.8, 4) is 0 Å². The van der Waals surface area contributed by atoms with E-state index in [4.69, 9.17) is 0 Å². The molecule has 19 heavy (non-hydrogen) atoms. The molecule has 0 aromatic rings. The summed E-state index contributed by atoms with van der Waals surface area (Å²) in [7, 11) is 0. The summed E-state index contributed by atoms with van der Waals surface area (Å²) in [6, 6.07) is 0.680. The third-order valence-electron chi connectivity index (χ3n) is 3.53. The fraction of sp³-hybridized carbons (Fsp3) is 1.00. The zero-order valence-corrected chi connectivity index (χ0v) is 12.2. The Balaban J connectivity index is 2.35. The molecule has 114 valence electrons. The van der Waals surface area contributed by atoms with Crippen LogP contribution in [0.3, 0.4) is 0 Å². The second-order valence-electron chi connectivity index (χ2n) is 6.34.